The second-order valence-corrected chi connectivity index (χ2v) is 7.16. The lowest BCUT2D eigenvalue weighted by Gasteiger charge is -2.18. The fraction of sp³-hybridized carbons (Fsp3) is 0.211. The van der Waals surface area contributed by atoms with E-state index in [1.807, 2.05) is 0 Å². The Morgan fingerprint density at radius 1 is 1.09 bits per heavy atom. The molecule has 32 heavy (non-hydrogen) atoms. The van der Waals surface area contributed by atoms with Gasteiger partial charge in [-0.25, -0.2) is 18.7 Å². The number of halogens is 5. The van der Waals surface area contributed by atoms with Crippen LogP contribution >= 0.6 is 0 Å². The van der Waals surface area contributed by atoms with Crippen LogP contribution in [-0.4, -0.2) is 37.6 Å². The highest BCUT2D eigenvalue weighted by molar-refractivity contribution is 6.03. The molecule has 3 N–H and O–H groups in total. The molecule has 0 aliphatic heterocycles. The van der Waals surface area contributed by atoms with Gasteiger partial charge in [0.05, 0.1) is 11.0 Å². The summed E-state index contributed by atoms with van der Waals surface area (Å²) in [5.41, 5.74) is -3.98. The number of nitrogens with one attached hydrogen (secondary N) is 2. The van der Waals surface area contributed by atoms with Gasteiger partial charge < -0.3 is 10.4 Å². The van der Waals surface area contributed by atoms with E-state index in [9.17, 15) is 36.6 Å². The number of carbonyl (C=O) groups excluding carboxylic acids is 1. The Kier molecular flexibility index (Phi) is 4.90. The standard InChI is InChI=1S/C19H12F5N5O3/c20-12-5-8(19(22,23)24)1-2-11(12)18(3-4-18)17(32)25-9-6-10(15-26-28-29-27-15)14(16(30)31)13(21)7-9/h1-2,5-7H,3-4H2,(H,25,32)(H,30,31)(H,26,27,28,29). The van der Waals surface area contributed by atoms with Gasteiger partial charge in [0.25, 0.3) is 0 Å². The van der Waals surface area contributed by atoms with Gasteiger partial charge in [0, 0.05) is 16.8 Å². The summed E-state index contributed by atoms with van der Waals surface area (Å²) in [4.78, 5) is 24.3. The van der Waals surface area contributed by atoms with Gasteiger partial charge in [-0.3, -0.25) is 4.79 Å². The number of carbonyl (C=O) groups is 2. The van der Waals surface area contributed by atoms with Crippen LogP contribution in [0.5, 0.6) is 0 Å². The van der Waals surface area contributed by atoms with Gasteiger partial charge in [-0.15, -0.1) is 5.10 Å². The molecule has 0 atom stereocenters. The van der Waals surface area contributed by atoms with E-state index in [4.69, 9.17) is 0 Å². The molecule has 8 nitrogen and oxygen atoms in total. The zero-order chi connectivity index (χ0) is 23.3. The fourth-order valence-corrected chi connectivity index (χ4v) is 3.43. The van der Waals surface area contributed by atoms with E-state index < -0.39 is 46.2 Å². The molecule has 1 saturated carbocycles. The van der Waals surface area contributed by atoms with E-state index >= 15 is 0 Å². The molecule has 0 unspecified atom stereocenters. The summed E-state index contributed by atoms with van der Waals surface area (Å²) in [6, 6.07) is 3.78. The van der Waals surface area contributed by atoms with E-state index in [-0.39, 0.29) is 35.5 Å². The summed E-state index contributed by atoms with van der Waals surface area (Å²) in [5.74, 6) is -4.93. The average Bonchev–Trinajstić information content (AvgIpc) is 3.32. The molecule has 2 aromatic carbocycles. The van der Waals surface area contributed by atoms with Gasteiger partial charge >= 0.3 is 12.1 Å². The molecule has 1 fully saturated rings. The number of alkyl halides is 3. The van der Waals surface area contributed by atoms with Crippen molar-refractivity contribution >= 4 is 17.6 Å². The van der Waals surface area contributed by atoms with Crippen molar-refractivity contribution in [3.63, 3.8) is 0 Å². The van der Waals surface area contributed by atoms with Crippen LogP contribution in [0.4, 0.5) is 27.6 Å². The third-order valence-electron chi connectivity index (χ3n) is 5.16. The van der Waals surface area contributed by atoms with Crippen LogP contribution in [0, 0.1) is 11.6 Å². The van der Waals surface area contributed by atoms with Crippen molar-refractivity contribution in [2.24, 2.45) is 0 Å². The highest BCUT2D eigenvalue weighted by Gasteiger charge is 2.53. The Morgan fingerprint density at radius 2 is 1.81 bits per heavy atom. The first-order valence-electron chi connectivity index (χ1n) is 9.02. The number of hydrogen-bond donors (Lipinski definition) is 3. The predicted octanol–water partition coefficient (Wildman–Crippen LogP) is 3.53. The van der Waals surface area contributed by atoms with Crippen molar-refractivity contribution in [3.05, 3.63) is 58.7 Å². The summed E-state index contributed by atoms with van der Waals surface area (Å²) in [7, 11) is 0. The van der Waals surface area contributed by atoms with E-state index in [1.54, 1.807) is 0 Å². The highest BCUT2D eigenvalue weighted by atomic mass is 19.4. The summed E-state index contributed by atoms with van der Waals surface area (Å²) in [6.45, 7) is 0. The number of H-pyrrole nitrogens is 1. The van der Waals surface area contributed by atoms with Gasteiger partial charge in [0.1, 0.15) is 17.2 Å². The first-order valence-corrected chi connectivity index (χ1v) is 9.02. The second-order valence-electron chi connectivity index (χ2n) is 7.16. The molecule has 1 aliphatic rings. The van der Waals surface area contributed by atoms with Gasteiger partial charge in [0.2, 0.25) is 5.91 Å². The first-order chi connectivity index (χ1) is 15.0. The van der Waals surface area contributed by atoms with E-state index in [2.05, 4.69) is 25.9 Å². The Bertz CT molecular complexity index is 1220. The molecule has 0 saturated heterocycles. The number of benzene rings is 2. The van der Waals surface area contributed by atoms with Gasteiger partial charge in [-0.2, -0.15) is 13.2 Å². The Balaban J connectivity index is 1.67. The molecular weight excluding hydrogens is 441 g/mol. The minimum absolute atomic E-state index is 0.162. The van der Waals surface area contributed by atoms with E-state index in [0.717, 1.165) is 18.2 Å². The smallest absolute Gasteiger partial charge is 0.416 e. The largest absolute Gasteiger partial charge is 0.478 e. The topological polar surface area (TPSA) is 121 Å². The van der Waals surface area contributed by atoms with Crippen LogP contribution in [0.25, 0.3) is 11.4 Å². The molecule has 0 radical (unpaired) electrons. The van der Waals surface area contributed by atoms with Crippen molar-refractivity contribution in [1.29, 1.82) is 0 Å². The molecular formula is C19H12F5N5O3. The average molecular weight is 453 g/mol. The molecule has 0 spiro atoms. The number of aromatic carboxylic acids is 1. The van der Waals surface area contributed by atoms with E-state index in [0.29, 0.717) is 12.1 Å². The molecule has 13 heteroatoms. The number of rotatable bonds is 5. The molecule has 1 aromatic heterocycles. The summed E-state index contributed by atoms with van der Waals surface area (Å²) < 4.78 is 67.3. The fourth-order valence-electron chi connectivity index (χ4n) is 3.43. The number of aromatic nitrogens is 4. The summed E-state index contributed by atoms with van der Waals surface area (Å²) in [6.07, 6.45) is -4.42. The minimum atomic E-state index is -4.74. The Morgan fingerprint density at radius 3 is 2.34 bits per heavy atom. The second kappa shape index (κ2) is 7.35. The number of carboxylic acids is 1. The molecule has 166 valence electrons. The lowest BCUT2D eigenvalue weighted by molar-refractivity contribution is -0.137. The molecule has 1 aliphatic carbocycles. The third kappa shape index (κ3) is 3.65. The Hall–Kier alpha value is -3.90. The SMILES string of the molecule is O=C(O)c1c(F)cc(NC(=O)C2(c3ccc(C(F)(F)F)cc3F)CC2)cc1-c1nnn[nH]1. The molecule has 1 amide bonds. The Labute approximate surface area is 175 Å². The lowest BCUT2D eigenvalue weighted by atomic mass is 9.93. The van der Waals surface area contributed by atoms with Crippen LogP contribution in [0.3, 0.4) is 0 Å². The van der Waals surface area contributed by atoms with E-state index in [1.165, 1.54) is 0 Å². The molecule has 1 heterocycles. The monoisotopic (exact) mass is 453 g/mol. The number of anilines is 1. The highest BCUT2D eigenvalue weighted by Crippen LogP contribution is 2.50. The number of nitrogens with zero attached hydrogens (tertiary/aromatic N) is 3. The van der Waals surface area contributed by atoms with Crippen molar-refractivity contribution in [3.8, 4) is 11.4 Å². The molecule has 3 aromatic rings. The normalized spacial score (nSPS) is 14.8. The van der Waals surface area contributed by atoms with Crippen LogP contribution in [0.2, 0.25) is 0 Å². The van der Waals surface area contributed by atoms with Crippen LogP contribution < -0.4 is 5.32 Å². The number of amides is 1. The van der Waals surface area contributed by atoms with Crippen LogP contribution in [-0.2, 0) is 16.4 Å². The summed E-state index contributed by atoms with van der Waals surface area (Å²) in [5, 5.41) is 24.1. The molecule has 4 rings (SSSR count). The van der Waals surface area contributed by atoms with Crippen molar-refractivity contribution in [2.45, 2.75) is 24.4 Å². The lowest BCUT2D eigenvalue weighted by Crippen LogP contribution is -2.29. The summed E-state index contributed by atoms with van der Waals surface area (Å²) >= 11 is 0. The zero-order valence-corrected chi connectivity index (χ0v) is 15.8. The third-order valence-corrected chi connectivity index (χ3v) is 5.16. The maximum absolute atomic E-state index is 14.5. The van der Waals surface area contributed by atoms with Crippen LogP contribution in [0.1, 0.15) is 34.3 Å². The van der Waals surface area contributed by atoms with Crippen LogP contribution in [0.15, 0.2) is 30.3 Å². The molecule has 0 bridgehead atoms. The number of carboxylic acid groups (broad SMARTS) is 1. The quantitative estimate of drug-likeness (QED) is 0.509. The number of hydrogen-bond acceptors (Lipinski definition) is 5. The van der Waals surface area contributed by atoms with Crippen molar-refractivity contribution in [2.75, 3.05) is 5.32 Å². The van der Waals surface area contributed by atoms with Gasteiger partial charge in [0.15, 0.2) is 5.82 Å². The van der Waals surface area contributed by atoms with Crippen molar-refractivity contribution < 1.29 is 36.6 Å². The number of aromatic amines is 1. The zero-order valence-electron chi connectivity index (χ0n) is 15.8. The first kappa shape index (κ1) is 21.3. The predicted molar refractivity (Wildman–Crippen MR) is 97.5 cm³/mol. The number of tetrazole rings is 1. The van der Waals surface area contributed by atoms with Gasteiger partial charge in [-0.05, 0) is 47.5 Å². The minimum Gasteiger partial charge on any atom is -0.478 e. The van der Waals surface area contributed by atoms with Crippen molar-refractivity contribution in [1.82, 2.24) is 20.6 Å². The van der Waals surface area contributed by atoms with Gasteiger partial charge in [-0.1, -0.05) is 6.07 Å². The maximum Gasteiger partial charge on any atom is 0.416 e. The maximum atomic E-state index is 14.5.